The van der Waals surface area contributed by atoms with Crippen molar-refractivity contribution >= 4 is 28.2 Å². The van der Waals surface area contributed by atoms with Crippen molar-refractivity contribution in [2.75, 3.05) is 11.9 Å². The number of nitrogens with zero attached hydrogens (tertiary/aromatic N) is 1. The Morgan fingerprint density at radius 1 is 1.28 bits per heavy atom. The van der Waals surface area contributed by atoms with E-state index in [0.717, 1.165) is 22.6 Å². The Labute approximate surface area is 187 Å². The van der Waals surface area contributed by atoms with E-state index in [4.69, 9.17) is 4.74 Å². The summed E-state index contributed by atoms with van der Waals surface area (Å²) in [6.07, 6.45) is -3.27. The molecule has 0 spiro atoms. The lowest BCUT2D eigenvalue weighted by Crippen LogP contribution is -2.69. The number of hydrogen-bond acceptors (Lipinski definition) is 6. The van der Waals surface area contributed by atoms with Crippen LogP contribution in [0.15, 0.2) is 30.3 Å². The maximum atomic E-state index is 14.4. The van der Waals surface area contributed by atoms with Gasteiger partial charge in [0, 0.05) is 10.4 Å². The zero-order valence-electron chi connectivity index (χ0n) is 17.5. The summed E-state index contributed by atoms with van der Waals surface area (Å²) in [5.41, 5.74) is -2.89. The number of hydrogen-bond donors (Lipinski definition) is 2. The van der Waals surface area contributed by atoms with Gasteiger partial charge in [-0.05, 0) is 49.8 Å². The van der Waals surface area contributed by atoms with Gasteiger partial charge < -0.3 is 15.4 Å². The molecule has 1 aliphatic rings. The Hall–Kier alpha value is -3.06. The second-order valence-corrected chi connectivity index (χ2v) is 8.69. The molecule has 0 saturated carbocycles. The van der Waals surface area contributed by atoms with Crippen molar-refractivity contribution in [2.45, 2.75) is 44.9 Å². The number of anilines is 1. The predicted octanol–water partition coefficient (Wildman–Crippen LogP) is 4.41. The van der Waals surface area contributed by atoms with Crippen molar-refractivity contribution in [3.63, 3.8) is 0 Å². The first kappa shape index (κ1) is 23.6. The molecule has 1 aromatic carbocycles. The molecule has 0 radical (unpaired) electrons. The van der Waals surface area contributed by atoms with Crippen LogP contribution in [0.25, 0.3) is 0 Å². The second-order valence-electron chi connectivity index (χ2n) is 7.58. The molecule has 1 aromatic heterocycles. The number of ether oxygens (including phenoxy) is 1. The summed E-state index contributed by atoms with van der Waals surface area (Å²) >= 11 is 0.999. The largest absolute Gasteiger partial charge is 0.463 e. The van der Waals surface area contributed by atoms with Crippen molar-refractivity contribution in [3.8, 4) is 6.07 Å². The van der Waals surface area contributed by atoms with Crippen LogP contribution in [0.4, 0.5) is 18.2 Å². The van der Waals surface area contributed by atoms with Crippen molar-refractivity contribution < 1.29 is 27.5 Å². The quantitative estimate of drug-likeness (QED) is 0.487. The van der Waals surface area contributed by atoms with Gasteiger partial charge in [-0.3, -0.25) is 4.79 Å². The van der Waals surface area contributed by atoms with Crippen molar-refractivity contribution in [1.29, 1.82) is 5.26 Å². The van der Waals surface area contributed by atoms with Gasteiger partial charge in [0.1, 0.15) is 11.1 Å². The molecule has 0 fully saturated rings. The van der Waals surface area contributed by atoms with Crippen molar-refractivity contribution in [1.82, 2.24) is 5.32 Å². The van der Waals surface area contributed by atoms with Crippen molar-refractivity contribution in [3.05, 3.63) is 51.9 Å². The van der Waals surface area contributed by atoms with Crippen LogP contribution in [-0.4, -0.2) is 30.3 Å². The van der Waals surface area contributed by atoms with E-state index in [1.54, 1.807) is 6.07 Å². The highest BCUT2D eigenvalue weighted by atomic mass is 32.1. The fourth-order valence-electron chi connectivity index (χ4n) is 3.59. The molecule has 1 heterocycles. The summed E-state index contributed by atoms with van der Waals surface area (Å²) in [4.78, 5) is 26.2. The van der Waals surface area contributed by atoms with Crippen LogP contribution in [-0.2, 0) is 22.4 Å². The number of thiophene rings is 1. The summed E-state index contributed by atoms with van der Waals surface area (Å²) in [6, 6.07) is 9.20. The van der Waals surface area contributed by atoms with Crippen LogP contribution >= 0.6 is 11.3 Å². The van der Waals surface area contributed by atoms with Gasteiger partial charge in [0.05, 0.1) is 12.2 Å². The maximum absolute atomic E-state index is 14.4. The smallest absolute Gasteiger partial charge is 0.441 e. The number of carbonyl (C=O) groups is 2. The van der Waals surface area contributed by atoms with Gasteiger partial charge in [-0.1, -0.05) is 25.1 Å². The normalized spacial score (nSPS) is 17.4. The van der Waals surface area contributed by atoms with E-state index in [2.05, 4.69) is 5.32 Å². The average molecular weight is 465 g/mol. The Kier molecular flexibility index (Phi) is 6.79. The number of amides is 1. The summed E-state index contributed by atoms with van der Waals surface area (Å²) < 4.78 is 48.0. The van der Waals surface area contributed by atoms with Gasteiger partial charge >= 0.3 is 17.8 Å². The van der Waals surface area contributed by atoms with E-state index in [1.807, 2.05) is 18.3 Å². The van der Waals surface area contributed by atoms with Gasteiger partial charge in [0.25, 0.3) is 5.91 Å². The van der Waals surface area contributed by atoms with Crippen LogP contribution < -0.4 is 10.6 Å². The number of fused-ring (bicyclic) bond motifs is 1. The van der Waals surface area contributed by atoms with Crippen LogP contribution in [0.3, 0.4) is 0 Å². The molecule has 170 valence electrons. The van der Waals surface area contributed by atoms with Gasteiger partial charge in [0.2, 0.25) is 0 Å². The van der Waals surface area contributed by atoms with E-state index in [-0.39, 0.29) is 22.7 Å². The first-order valence-corrected chi connectivity index (χ1v) is 10.9. The standard InChI is InChI=1S/C22H22F3N3O3S/c1-3-31-20(30)21(22(23,24)25,27-18(29)14-7-5-4-6-8-14)28-19-16(12-26)15-10-9-13(2)11-17(15)32-19/h4-8,13,28H,3,9-11H2,1-2H3,(H,27,29)/t13-,21-/m1/s1. The molecule has 6 nitrogen and oxygen atoms in total. The monoisotopic (exact) mass is 465 g/mol. The molecule has 0 unspecified atom stereocenters. The minimum atomic E-state index is -5.27. The van der Waals surface area contributed by atoms with Gasteiger partial charge in [-0.25, -0.2) is 4.79 Å². The van der Waals surface area contributed by atoms with Gasteiger partial charge in [-0.15, -0.1) is 11.3 Å². The third-order valence-corrected chi connectivity index (χ3v) is 6.44. The molecule has 1 amide bonds. The minimum absolute atomic E-state index is 0.0591. The summed E-state index contributed by atoms with van der Waals surface area (Å²) in [5.74, 6) is -2.49. The lowest BCUT2D eigenvalue weighted by molar-refractivity contribution is -0.204. The Morgan fingerprint density at radius 3 is 2.56 bits per heavy atom. The summed E-state index contributed by atoms with van der Waals surface area (Å²) in [6.45, 7) is 3.06. The van der Waals surface area contributed by atoms with Gasteiger partial charge in [-0.2, -0.15) is 18.4 Å². The molecule has 2 atom stereocenters. The molecular weight excluding hydrogens is 443 g/mol. The third-order valence-electron chi connectivity index (χ3n) is 5.27. The number of alkyl halides is 3. The second kappa shape index (κ2) is 9.20. The zero-order valence-corrected chi connectivity index (χ0v) is 18.3. The summed E-state index contributed by atoms with van der Waals surface area (Å²) in [5, 5.41) is 13.5. The zero-order chi connectivity index (χ0) is 23.5. The van der Waals surface area contributed by atoms with E-state index in [9.17, 15) is 28.0 Å². The molecule has 2 aromatic rings. The van der Waals surface area contributed by atoms with E-state index in [0.29, 0.717) is 24.3 Å². The first-order valence-electron chi connectivity index (χ1n) is 10.1. The number of nitriles is 1. The Bertz CT molecular complexity index is 1050. The molecule has 0 saturated heterocycles. The molecule has 10 heteroatoms. The fraction of sp³-hybridized carbons (Fsp3) is 0.409. The summed E-state index contributed by atoms with van der Waals surface area (Å²) in [7, 11) is 0. The van der Waals surface area contributed by atoms with Crippen LogP contribution in [0.5, 0.6) is 0 Å². The Morgan fingerprint density at radius 2 is 1.97 bits per heavy atom. The Balaban J connectivity index is 2.10. The highest BCUT2D eigenvalue weighted by Gasteiger charge is 2.64. The molecule has 2 N–H and O–H groups in total. The van der Waals surface area contributed by atoms with Crippen LogP contribution in [0, 0.1) is 17.2 Å². The number of benzene rings is 1. The SMILES string of the molecule is CCOC(=O)[C@@](NC(=O)c1ccccc1)(Nc1sc2c(c1C#N)CC[C@@H](C)C2)C(F)(F)F. The maximum Gasteiger partial charge on any atom is 0.441 e. The first-order chi connectivity index (χ1) is 15.1. The molecule has 1 aliphatic carbocycles. The molecule has 0 aliphatic heterocycles. The number of nitrogens with one attached hydrogen (secondary N) is 2. The molecular formula is C22H22F3N3O3S. The number of halogens is 3. The molecule has 3 rings (SSSR count). The number of carbonyl (C=O) groups excluding carboxylic acids is 2. The average Bonchev–Trinajstić information content (AvgIpc) is 3.08. The third kappa shape index (κ3) is 4.43. The van der Waals surface area contributed by atoms with E-state index >= 15 is 0 Å². The number of esters is 1. The lowest BCUT2D eigenvalue weighted by Gasteiger charge is -2.35. The molecule has 32 heavy (non-hydrogen) atoms. The van der Waals surface area contributed by atoms with Crippen molar-refractivity contribution in [2.24, 2.45) is 5.92 Å². The minimum Gasteiger partial charge on any atom is -0.463 e. The van der Waals surface area contributed by atoms with Crippen LogP contribution in [0.1, 0.15) is 46.6 Å². The predicted molar refractivity (Wildman–Crippen MR) is 113 cm³/mol. The fourth-order valence-corrected chi connectivity index (χ4v) is 5.01. The highest BCUT2D eigenvalue weighted by molar-refractivity contribution is 7.16. The highest BCUT2D eigenvalue weighted by Crippen LogP contribution is 2.42. The van der Waals surface area contributed by atoms with E-state index < -0.39 is 23.7 Å². The lowest BCUT2D eigenvalue weighted by atomic mass is 9.88. The van der Waals surface area contributed by atoms with Gasteiger partial charge in [0.15, 0.2) is 0 Å². The number of rotatable bonds is 6. The topological polar surface area (TPSA) is 91.2 Å². The van der Waals surface area contributed by atoms with Crippen LogP contribution in [0.2, 0.25) is 0 Å². The molecule has 0 bridgehead atoms. The van der Waals surface area contributed by atoms with E-state index in [1.165, 1.54) is 31.2 Å².